The van der Waals surface area contributed by atoms with E-state index in [4.69, 9.17) is 5.11 Å². The summed E-state index contributed by atoms with van der Waals surface area (Å²) in [6, 6.07) is 0. The average Bonchev–Trinajstić information content (AvgIpc) is 2.22. The van der Waals surface area contributed by atoms with Crippen LogP contribution in [0, 0.1) is 10.1 Å². The van der Waals surface area contributed by atoms with E-state index in [0.717, 1.165) is 7.11 Å². The lowest BCUT2D eigenvalue weighted by Gasteiger charge is -2.20. The van der Waals surface area contributed by atoms with Gasteiger partial charge in [0.1, 0.15) is 0 Å². The lowest BCUT2D eigenvalue weighted by Crippen LogP contribution is -2.47. The van der Waals surface area contributed by atoms with Crippen LogP contribution in [0.25, 0.3) is 0 Å². The van der Waals surface area contributed by atoms with Gasteiger partial charge in [-0.25, -0.2) is 4.79 Å². The summed E-state index contributed by atoms with van der Waals surface area (Å²) in [5.41, 5.74) is -2.05. The van der Waals surface area contributed by atoms with Gasteiger partial charge in [-0.15, -0.1) is 6.58 Å². The zero-order chi connectivity index (χ0) is 12.8. The highest BCUT2D eigenvalue weighted by Crippen LogP contribution is 2.24. The third-order valence-corrected chi connectivity index (χ3v) is 2.15. The number of hydrogen-bond donors (Lipinski definition) is 1. The van der Waals surface area contributed by atoms with Crippen LogP contribution in [0.4, 0.5) is 0 Å². The maximum Gasteiger partial charge on any atom is 0.384 e. The van der Waals surface area contributed by atoms with Gasteiger partial charge in [0.2, 0.25) is 0 Å². The van der Waals surface area contributed by atoms with Crippen molar-refractivity contribution in [3.05, 3.63) is 22.8 Å². The minimum absolute atomic E-state index is 0.264. The summed E-state index contributed by atoms with van der Waals surface area (Å²) in [4.78, 5) is 31.8. The predicted molar refractivity (Wildman–Crippen MR) is 53.4 cm³/mol. The summed E-state index contributed by atoms with van der Waals surface area (Å²) >= 11 is 0. The first-order valence-corrected chi connectivity index (χ1v) is 4.46. The normalized spacial score (nSPS) is 13.6. The molecule has 16 heavy (non-hydrogen) atoms. The number of aliphatic carboxylic acids is 1. The molecular weight excluding hydrogens is 218 g/mol. The van der Waals surface area contributed by atoms with Crippen LogP contribution in [0.2, 0.25) is 0 Å². The van der Waals surface area contributed by atoms with Gasteiger partial charge in [0.15, 0.2) is 0 Å². The first-order chi connectivity index (χ1) is 7.40. The van der Waals surface area contributed by atoms with E-state index in [2.05, 4.69) is 11.3 Å². The Hall–Kier alpha value is -1.92. The zero-order valence-corrected chi connectivity index (χ0v) is 8.84. The predicted octanol–water partition coefficient (Wildman–Crippen LogP) is 0.616. The maximum absolute atomic E-state index is 11.4. The number of carbonyl (C=O) groups is 2. The van der Waals surface area contributed by atoms with Crippen molar-refractivity contribution in [1.29, 1.82) is 0 Å². The van der Waals surface area contributed by atoms with E-state index in [-0.39, 0.29) is 6.42 Å². The van der Waals surface area contributed by atoms with Gasteiger partial charge < -0.3 is 9.84 Å². The van der Waals surface area contributed by atoms with Crippen molar-refractivity contribution >= 4 is 11.9 Å². The van der Waals surface area contributed by atoms with E-state index in [1.165, 1.54) is 6.08 Å². The summed E-state index contributed by atoms with van der Waals surface area (Å²) in [6.07, 6.45) is 0.0273. The maximum atomic E-state index is 11.4. The third-order valence-electron chi connectivity index (χ3n) is 2.15. The number of carbonyl (C=O) groups excluding carboxylic acids is 1. The van der Waals surface area contributed by atoms with Crippen LogP contribution in [0.1, 0.15) is 19.3 Å². The minimum Gasteiger partial charge on any atom is -0.481 e. The lowest BCUT2D eigenvalue weighted by molar-refractivity contribution is -0.555. The van der Waals surface area contributed by atoms with Gasteiger partial charge in [0.25, 0.3) is 0 Å². The number of carboxylic acids is 1. The molecule has 0 saturated carbocycles. The molecule has 0 saturated heterocycles. The fourth-order valence-corrected chi connectivity index (χ4v) is 1.27. The third kappa shape index (κ3) is 3.04. The van der Waals surface area contributed by atoms with Crippen molar-refractivity contribution < 1.29 is 24.4 Å². The van der Waals surface area contributed by atoms with Crippen LogP contribution in [-0.4, -0.2) is 34.6 Å². The molecule has 0 aliphatic heterocycles. The van der Waals surface area contributed by atoms with Crippen LogP contribution >= 0.6 is 0 Å². The molecule has 0 aromatic carbocycles. The molecule has 0 heterocycles. The largest absolute Gasteiger partial charge is 0.481 e. The van der Waals surface area contributed by atoms with Gasteiger partial charge >= 0.3 is 17.5 Å². The molecule has 90 valence electrons. The minimum atomic E-state index is -2.05. The first-order valence-electron chi connectivity index (χ1n) is 4.46. The Labute approximate surface area is 91.9 Å². The molecule has 0 fully saturated rings. The van der Waals surface area contributed by atoms with Crippen LogP contribution in [0.3, 0.4) is 0 Å². The van der Waals surface area contributed by atoms with Gasteiger partial charge in [-0.3, -0.25) is 14.9 Å². The Kier molecular flexibility index (Phi) is 5.14. The van der Waals surface area contributed by atoms with Gasteiger partial charge in [-0.1, -0.05) is 6.08 Å². The Bertz CT molecular complexity index is 313. The van der Waals surface area contributed by atoms with Crippen LogP contribution in [0.15, 0.2) is 12.7 Å². The number of carboxylic acid groups (broad SMARTS) is 1. The van der Waals surface area contributed by atoms with Crippen LogP contribution in [-0.2, 0) is 14.3 Å². The number of hydrogen-bond acceptors (Lipinski definition) is 5. The number of methoxy groups -OCH3 is 1. The van der Waals surface area contributed by atoms with Gasteiger partial charge in [0.05, 0.1) is 13.5 Å². The van der Waals surface area contributed by atoms with E-state index in [1.807, 2.05) is 0 Å². The van der Waals surface area contributed by atoms with Crippen molar-refractivity contribution in [1.82, 2.24) is 0 Å². The first kappa shape index (κ1) is 14.1. The standard InChI is InChI=1S/C9H13NO6/c1-3-5-9(10(14)15,8(13)16-2)6-4-7(11)12/h3H,1,4-6H2,2H3,(H,11,12). The molecule has 1 atom stereocenters. The molecule has 0 aromatic rings. The van der Waals surface area contributed by atoms with Crippen LogP contribution in [0.5, 0.6) is 0 Å². The summed E-state index contributed by atoms with van der Waals surface area (Å²) in [5.74, 6) is -2.27. The van der Waals surface area contributed by atoms with E-state index >= 15 is 0 Å². The second-order valence-corrected chi connectivity index (χ2v) is 3.17. The summed E-state index contributed by atoms with van der Waals surface area (Å²) in [7, 11) is 1.02. The molecule has 7 heteroatoms. The SMILES string of the molecule is C=CCC(CCC(=O)O)(C(=O)OC)[N+](=O)[O-]. The van der Waals surface area contributed by atoms with E-state index in [1.54, 1.807) is 0 Å². The van der Waals surface area contributed by atoms with E-state index in [0.29, 0.717) is 0 Å². The second-order valence-electron chi connectivity index (χ2n) is 3.17. The molecule has 0 spiro atoms. The van der Waals surface area contributed by atoms with E-state index in [9.17, 15) is 19.7 Å². The summed E-state index contributed by atoms with van der Waals surface area (Å²) in [5, 5.41) is 19.4. The molecule has 0 aliphatic carbocycles. The molecule has 0 aliphatic rings. The second kappa shape index (κ2) is 5.84. The zero-order valence-electron chi connectivity index (χ0n) is 8.84. The number of nitro groups is 1. The van der Waals surface area contributed by atoms with Crippen molar-refractivity contribution in [2.45, 2.75) is 24.8 Å². The fourth-order valence-electron chi connectivity index (χ4n) is 1.27. The quantitative estimate of drug-likeness (QED) is 0.298. The molecule has 0 rings (SSSR count). The number of ether oxygens (including phenoxy) is 1. The number of rotatable bonds is 7. The molecule has 0 amide bonds. The Morgan fingerprint density at radius 1 is 1.62 bits per heavy atom. The number of nitrogens with zero attached hydrogens (tertiary/aromatic N) is 1. The molecule has 0 aromatic heterocycles. The molecular formula is C9H13NO6. The Morgan fingerprint density at radius 2 is 2.19 bits per heavy atom. The van der Waals surface area contributed by atoms with Crippen molar-refractivity contribution in [3.63, 3.8) is 0 Å². The van der Waals surface area contributed by atoms with Gasteiger partial charge in [0, 0.05) is 17.8 Å². The molecule has 0 radical (unpaired) electrons. The van der Waals surface area contributed by atoms with Gasteiger partial charge in [-0.2, -0.15) is 0 Å². The van der Waals surface area contributed by atoms with E-state index < -0.39 is 35.2 Å². The van der Waals surface area contributed by atoms with Gasteiger partial charge in [-0.05, 0) is 0 Å². The monoisotopic (exact) mass is 231 g/mol. The Morgan fingerprint density at radius 3 is 2.50 bits per heavy atom. The highest BCUT2D eigenvalue weighted by atomic mass is 16.6. The fraction of sp³-hybridized carbons (Fsp3) is 0.556. The molecule has 0 bridgehead atoms. The summed E-state index contributed by atoms with van der Waals surface area (Å²) in [6.45, 7) is 3.31. The lowest BCUT2D eigenvalue weighted by atomic mass is 9.90. The van der Waals surface area contributed by atoms with Crippen molar-refractivity contribution in [2.75, 3.05) is 7.11 Å². The number of esters is 1. The summed E-state index contributed by atoms with van der Waals surface area (Å²) < 4.78 is 4.34. The highest BCUT2D eigenvalue weighted by molar-refractivity contribution is 5.80. The topological polar surface area (TPSA) is 107 Å². The molecule has 7 nitrogen and oxygen atoms in total. The van der Waals surface area contributed by atoms with Crippen molar-refractivity contribution in [2.24, 2.45) is 0 Å². The Balaban J connectivity index is 5.08. The molecule has 1 unspecified atom stereocenters. The van der Waals surface area contributed by atoms with Crippen LogP contribution < -0.4 is 0 Å². The molecule has 1 N–H and O–H groups in total. The highest BCUT2D eigenvalue weighted by Gasteiger charge is 2.51. The smallest absolute Gasteiger partial charge is 0.384 e. The average molecular weight is 231 g/mol. The van der Waals surface area contributed by atoms with Crippen molar-refractivity contribution in [3.8, 4) is 0 Å².